The Morgan fingerprint density at radius 2 is 2.28 bits per heavy atom. The summed E-state index contributed by atoms with van der Waals surface area (Å²) in [7, 11) is 0. The normalized spacial score (nSPS) is 11.9. The molecule has 0 aliphatic rings. The third kappa shape index (κ3) is 5.19. The van der Waals surface area contributed by atoms with Crippen molar-refractivity contribution < 1.29 is 9.53 Å². The maximum absolute atomic E-state index is 11.6. The minimum absolute atomic E-state index is 0.0437. The Kier molecular flexibility index (Phi) is 6.22. The minimum atomic E-state index is -0.0888. The number of benzene rings is 1. The predicted octanol–water partition coefficient (Wildman–Crippen LogP) is 1.83. The van der Waals surface area contributed by atoms with Crippen molar-refractivity contribution in [2.45, 2.75) is 39.3 Å². The van der Waals surface area contributed by atoms with Gasteiger partial charge in [-0.25, -0.2) is 0 Å². The molecular weight excluding hydrogens is 228 g/mol. The highest BCUT2D eigenvalue weighted by atomic mass is 16.5. The van der Waals surface area contributed by atoms with Crippen molar-refractivity contribution in [3.05, 3.63) is 29.8 Å². The van der Waals surface area contributed by atoms with Crippen LogP contribution in [0.3, 0.4) is 0 Å². The third-order valence-electron chi connectivity index (χ3n) is 2.63. The lowest BCUT2D eigenvalue weighted by Gasteiger charge is -2.13. The molecule has 0 aromatic heterocycles. The maximum Gasteiger partial charge on any atom is 0.258 e. The van der Waals surface area contributed by atoms with E-state index in [0.29, 0.717) is 12.3 Å². The molecule has 0 saturated carbocycles. The Labute approximate surface area is 109 Å². The van der Waals surface area contributed by atoms with Crippen LogP contribution in [-0.2, 0) is 11.3 Å². The van der Waals surface area contributed by atoms with E-state index in [2.05, 4.69) is 12.2 Å². The smallest absolute Gasteiger partial charge is 0.258 e. The molecule has 1 atom stereocenters. The maximum atomic E-state index is 11.6. The van der Waals surface area contributed by atoms with Gasteiger partial charge in [-0.1, -0.05) is 25.5 Å². The van der Waals surface area contributed by atoms with Crippen LogP contribution in [0, 0.1) is 0 Å². The summed E-state index contributed by atoms with van der Waals surface area (Å²) in [6.45, 7) is 4.60. The number of rotatable bonds is 7. The Bertz CT molecular complexity index is 380. The zero-order chi connectivity index (χ0) is 13.4. The van der Waals surface area contributed by atoms with Crippen molar-refractivity contribution in [3.63, 3.8) is 0 Å². The number of ether oxygens (including phenoxy) is 1. The van der Waals surface area contributed by atoms with E-state index in [9.17, 15) is 4.79 Å². The lowest BCUT2D eigenvalue weighted by Crippen LogP contribution is -2.35. The summed E-state index contributed by atoms with van der Waals surface area (Å²) >= 11 is 0. The standard InChI is InChI=1S/C14H22N2O2/c1-3-5-11(2)16-14(17)10-18-13-7-4-6-12(8-13)9-15/h4,6-8,11H,3,5,9-10,15H2,1-2H3,(H,16,17). The summed E-state index contributed by atoms with van der Waals surface area (Å²) < 4.78 is 5.42. The zero-order valence-electron chi connectivity index (χ0n) is 11.1. The lowest BCUT2D eigenvalue weighted by molar-refractivity contribution is -0.123. The van der Waals surface area contributed by atoms with Crippen molar-refractivity contribution in [2.24, 2.45) is 5.73 Å². The molecule has 1 unspecified atom stereocenters. The van der Waals surface area contributed by atoms with Gasteiger partial charge in [0.25, 0.3) is 5.91 Å². The number of carbonyl (C=O) groups excluding carboxylic acids is 1. The van der Waals surface area contributed by atoms with Gasteiger partial charge in [-0.3, -0.25) is 4.79 Å². The molecule has 0 aliphatic heterocycles. The highest BCUT2D eigenvalue weighted by Gasteiger charge is 2.07. The van der Waals surface area contributed by atoms with Crippen LogP contribution in [0.4, 0.5) is 0 Å². The zero-order valence-corrected chi connectivity index (χ0v) is 11.1. The van der Waals surface area contributed by atoms with Gasteiger partial charge in [0.05, 0.1) is 0 Å². The van der Waals surface area contributed by atoms with Gasteiger partial charge in [-0.2, -0.15) is 0 Å². The van der Waals surface area contributed by atoms with Crippen molar-refractivity contribution >= 4 is 5.91 Å². The quantitative estimate of drug-likeness (QED) is 0.776. The van der Waals surface area contributed by atoms with E-state index >= 15 is 0 Å². The molecule has 1 aromatic rings. The van der Waals surface area contributed by atoms with Crippen LogP contribution in [0.15, 0.2) is 24.3 Å². The summed E-state index contributed by atoms with van der Waals surface area (Å²) in [6.07, 6.45) is 2.04. The number of carbonyl (C=O) groups is 1. The van der Waals surface area contributed by atoms with Gasteiger partial charge >= 0.3 is 0 Å². The van der Waals surface area contributed by atoms with E-state index in [1.54, 1.807) is 0 Å². The van der Waals surface area contributed by atoms with Gasteiger partial charge in [0, 0.05) is 12.6 Å². The molecule has 3 N–H and O–H groups in total. The fraction of sp³-hybridized carbons (Fsp3) is 0.500. The van der Waals surface area contributed by atoms with E-state index in [1.165, 1.54) is 0 Å². The van der Waals surface area contributed by atoms with Crippen LogP contribution < -0.4 is 15.8 Å². The SMILES string of the molecule is CCCC(C)NC(=O)COc1cccc(CN)c1. The number of hydrogen-bond donors (Lipinski definition) is 2. The third-order valence-corrected chi connectivity index (χ3v) is 2.63. The van der Waals surface area contributed by atoms with E-state index in [1.807, 2.05) is 31.2 Å². The Balaban J connectivity index is 2.37. The first kappa shape index (κ1) is 14.5. The van der Waals surface area contributed by atoms with Crippen LogP contribution in [0.2, 0.25) is 0 Å². The first-order valence-corrected chi connectivity index (χ1v) is 6.37. The second kappa shape index (κ2) is 7.71. The summed E-state index contributed by atoms with van der Waals surface area (Å²) in [6, 6.07) is 7.66. The summed E-state index contributed by atoms with van der Waals surface area (Å²) in [5.74, 6) is 0.588. The highest BCUT2D eigenvalue weighted by Crippen LogP contribution is 2.12. The van der Waals surface area contributed by atoms with Crippen LogP contribution in [0.25, 0.3) is 0 Å². The average molecular weight is 250 g/mol. The molecule has 4 heteroatoms. The molecule has 100 valence electrons. The summed E-state index contributed by atoms with van der Waals surface area (Å²) in [4.78, 5) is 11.6. The van der Waals surface area contributed by atoms with Crippen LogP contribution >= 0.6 is 0 Å². The van der Waals surface area contributed by atoms with Crippen molar-refractivity contribution in [1.29, 1.82) is 0 Å². The Morgan fingerprint density at radius 3 is 2.94 bits per heavy atom. The molecule has 0 fully saturated rings. The molecule has 0 radical (unpaired) electrons. The van der Waals surface area contributed by atoms with Gasteiger partial charge in [-0.05, 0) is 31.0 Å². The molecule has 0 bridgehead atoms. The van der Waals surface area contributed by atoms with Crippen molar-refractivity contribution in [1.82, 2.24) is 5.32 Å². The van der Waals surface area contributed by atoms with E-state index in [0.717, 1.165) is 18.4 Å². The van der Waals surface area contributed by atoms with E-state index in [-0.39, 0.29) is 18.6 Å². The summed E-state index contributed by atoms with van der Waals surface area (Å²) in [5.41, 5.74) is 6.53. The predicted molar refractivity (Wildman–Crippen MR) is 72.3 cm³/mol. The number of amides is 1. The first-order chi connectivity index (χ1) is 8.65. The number of nitrogens with one attached hydrogen (secondary N) is 1. The molecule has 18 heavy (non-hydrogen) atoms. The highest BCUT2D eigenvalue weighted by molar-refractivity contribution is 5.77. The topological polar surface area (TPSA) is 64.3 Å². The van der Waals surface area contributed by atoms with Crippen LogP contribution in [-0.4, -0.2) is 18.6 Å². The van der Waals surface area contributed by atoms with Crippen LogP contribution in [0.5, 0.6) is 5.75 Å². The second-order valence-corrected chi connectivity index (χ2v) is 4.40. The van der Waals surface area contributed by atoms with Gasteiger partial charge < -0.3 is 15.8 Å². The molecular formula is C14H22N2O2. The molecule has 1 rings (SSSR count). The van der Waals surface area contributed by atoms with Gasteiger partial charge in [0.2, 0.25) is 0 Å². The summed E-state index contributed by atoms with van der Waals surface area (Å²) in [5, 5.41) is 2.89. The van der Waals surface area contributed by atoms with Crippen molar-refractivity contribution in [2.75, 3.05) is 6.61 Å². The molecule has 0 heterocycles. The molecule has 0 saturated heterocycles. The van der Waals surface area contributed by atoms with Crippen molar-refractivity contribution in [3.8, 4) is 5.75 Å². The molecule has 1 amide bonds. The Hall–Kier alpha value is -1.55. The molecule has 1 aromatic carbocycles. The van der Waals surface area contributed by atoms with Gasteiger partial charge in [0.15, 0.2) is 6.61 Å². The fourth-order valence-electron chi connectivity index (χ4n) is 1.73. The van der Waals surface area contributed by atoms with Gasteiger partial charge in [0.1, 0.15) is 5.75 Å². The van der Waals surface area contributed by atoms with E-state index < -0.39 is 0 Å². The largest absolute Gasteiger partial charge is 0.484 e. The molecule has 0 aliphatic carbocycles. The number of hydrogen-bond acceptors (Lipinski definition) is 3. The average Bonchev–Trinajstić information content (AvgIpc) is 2.37. The second-order valence-electron chi connectivity index (χ2n) is 4.40. The van der Waals surface area contributed by atoms with E-state index in [4.69, 9.17) is 10.5 Å². The lowest BCUT2D eigenvalue weighted by atomic mass is 10.2. The van der Waals surface area contributed by atoms with Gasteiger partial charge in [-0.15, -0.1) is 0 Å². The van der Waals surface area contributed by atoms with Crippen LogP contribution in [0.1, 0.15) is 32.3 Å². The fourth-order valence-corrected chi connectivity index (χ4v) is 1.73. The first-order valence-electron chi connectivity index (χ1n) is 6.37. The molecule has 0 spiro atoms. The number of nitrogens with two attached hydrogens (primary N) is 1. The Morgan fingerprint density at radius 1 is 1.50 bits per heavy atom. The molecule has 4 nitrogen and oxygen atoms in total. The minimum Gasteiger partial charge on any atom is -0.484 e. The monoisotopic (exact) mass is 250 g/mol.